The fourth-order valence-corrected chi connectivity index (χ4v) is 1.50. The first kappa shape index (κ1) is 13.9. The minimum atomic E-state index is -0.0764. The van der Waals surface area contributed by atoms with Crippen molar-refractivity contribution in [3.05, 3.63) is 54.1 Å². The second-order valence-electron chi connectivity index (χ2n) is 3.94. The highest BCUT2D eigenvalue weighted by Gasteiger charge is 1.93. The van der Waals surface area contributed by atoms with Crippen LogP contribution in [-0.2, 0) is 6.42 Å². The first-order valence-electron chi connectivity index (χ1n) is 5.95. The highest BCUT2D eigenvalue weighted by Crippen LogP contribution is 2.21. The summed E-state index contributed by atoms with van der Waals surface area (Å²) in [5.41, 5.74) is 7.90. The zero-order chi connectivity index (χ0) is 13.4. The van der Waals surface area contributed by atoms with Gasteiger partial charge in [0.25, 0.3) is 0 Å². The Bertz CT molecular complexity index is 462. The summed E-state index contributed by atoms with van der Waals surface area (Å²) in [6.07, 6.45) is 2.25. The zero-order valence-corrected chi connectivity index (χ0v) is 10.5. The molecule has 96 valence electrons. The quantitative estimate of drug-likeness (QED) is 0.561. The van der Waals surface area contributed by atoms with E-state index in [4.69, 9.17) is 15.9 Å². The summed E-state index contributed by atoms with van der Waals surface area (Å²) in [6.45, 7) is 2.16. The Hall–Kier alpha value is -2.16. The molecule has 0 radical (unpaired) electrons. The summed E-state index contributed by atoms with van der Waals surface area (Å²) in [4.78, 5) is 0. The molecule has 0 aliphatic rings. The van der Waals surface area contributed by atoms with Gasteiger partial charge in [-0.2, -0.15) is 0 Å². The highest BCUT2D eigenvalue weighted by atomic mass is 16.3. The molecule has 0 saturated heterocycles. The lowest BCUT2D eigenvalue weighted by atomic mass is 10.1. The van der Waals surface area contributed by atoms with Gasteiger partial charge in [-0.15, -0.1) is 0 Å². The van der Waals surface area contributed by atoms with E-state index in [1.807, 2.05) is 18.2 Å². The molecule has 3 nitrogen and oxygen atoms in total. The summed E-state index contributed by atoms with van der Waals surface area (Å²) >= 11 is 0. The van der Waals surface area contributed by atoms with Gasteiger partial charge in [0, 0.05) is 5.69 Å². The van der Waals surface area contributed by atoms with Gasteiger partial charge in [0.05, 0.1) is 0 Å². The number of hydrogen-bond donors (Lipinski definition) is 3. The van der Waals surface area contributed by atoms with E-state index in [2.05, 4.69) is 13.0 Å². The normalized spacial score (nSPS) is 9.39. The Kier molecular flexibility index (Phi) is 5.58. The third kappa shape index (κ3) is 4.37. The van der Waals surface area contributed by atoms with Crippen LogP contribution in [0.5, 0.6) is 11.5 Å². The fourth-order valence-electron chi connectivity index (χ4n) is 1.50. The van der Waals surface area contributed by atoms with Gasteiger partial charge in [-0.3, -0.25) is 0 Å². The van der Waals surface area contributed by atoms with E-state index in [1.54, 1.807) is 12.1 Å². The first-order chi connectivity index (χ1) is 8.65. The molecule has 0 unspecified atom stereocenters. The lowest BCUT2D eigenvalue weighted by Gasteiger charge is -2.01. The number of hydrogen-bond acceptors (Lipinski definition) is 3. The fraction of sp³-hybridized carbons (Fsp3) is 0.200. The maximum Gasteiger partial charge on any atom is 0.157 e. The second kappa shape index (κ2) is 7.22. The standard InChI is InChI=1S/C9H13N.C6H6O2/c1-2-5-8-6-3-4-7-9(8)10;7-5-3-1-2-4-6(5)8/h3-4,6-7H,2,5,10H2,1H3;1-4,7-8H. The van der Waals surface area contributed by atoms with E-state index >= 15 is 0 Å². The smallest absolute Gasteiger partial charge is 0.157 e. The van der Waals surface area contributed by atoms with E-state index in [9.17, 15) is 0 Å². The van der Waals surface area contributed by atoms with Gasteiger partial charge in [0.15, 0.2) is 11.5 Å². The molecule has 0 aliphatic heterocycles. The maximum absolute atomic E-state index is 8.67. The number of aryl methyl sites for hydroxylation is 1. The summed E-state index contributed by atoms with van der Waals surface area (Å²) in [5, 5.41) is 17.3. The van der Waals surface area contributed by atoms with E-state index < -0.39 is 0 Å². The molecule has 0 spiro atoms. The largest absolute Gasteiger partial charge is 0.504 e. The lowest BCUT2D eigenvalue weighted by molar-refractivity contribution is 0.404. The minimum Gasteiger partial charge on any atom is -0.504 e. The maximum atomic E-state index is 8.67. The van der Waals surface area contributed by atoms with Gasteiger partial charge in [-0.1, -0.05) is 43.7 Å². The van der Waals surface area contributed by atoms with Crippen molar-refractivity contribution < 1.29 is 10.2 Å². The first-order valence-corrected chi connectivity index (χ1v) is 5.95. The number of benzene rings is 2. The lowest BCUT2D eigenvalue weighted by Crippen LogP contribution is -1.92. The van der Waals surface area contributed by atoms with Gasteiger partial charge in [0.1, 0.15) is 0 Å². The molecule has 2 aromatic carbocycles. The molecule has 0 atom stereocenters. The second-order valence-corrected chi connectivity index (χ2v) is 3.94. The van der Waals surface area contributed by atoms with Crippen LogP contribution < -0.4 is 5.73 Å². The molecule has 0 heterocycles. The molecule has 0 bridgehead atoms. The van der Waals surface area contributed by atoms with E-state index in [-0.39, 0.29) is 11.5 Å². The van der Waals surface area contributed by atoms with Crippen LogP contribution in [0.25, 0.3) is 0 Å². The van der Waals surface area contributed by atoms with Crippen LogP contribution in [0.2, 0.25) is 0 Å². The number of anilines is 1. The Morgan fingerprint density at radius 1 is 0.889 bits per heavy atom. The topological polar surface area (TPSA) is 66.5 Å². The average molecular weight is 245 g/mol. The van der Waals surface area contributed by atoms with Gasteiger partial charge < -0.3 is 15.9 Å². The van der Waals surface area contributed by atoms with Gasteiger partial charge >= 0.3 is 0 Å². The Morgan fingerprint density at radius 2 is 1.39 bits per heavy atom. The number of nitrogen functional groups attached to an aromatic ring is 1. The van der Waals surface area contributed by atoms with Crippen LogP contribution >= 0.6 is 0 Å². The average Bonchev–Trinajstić information content (AvgIpc) is 2.37. The monoisotopic (exact) mass is 245 g/mol. The van der Waals surface area contributed by atoms with Crippen LogP contribution in [0, 0.1) is 0 Å². The molecular formula is C15H19NO2. The molecule has 0 amide bonds. The van der Waals surface area contributed by atoms with Crippen molar-refractivity contribution >= 4 is 5.69 Å². The third-order valence-corrected chi connectivity index (χ3v) is 2.46. The number of para-hydroxylation sites is 3. The predicted octanol–water partition coefficient (Wildman–Crippen LogP) is 3.32. The molecule has 0 aliphatic carbocycles. The number of nitrogens with two attached hydrogens (primary N) is 1. The van der Waals surface area contributed by atoms with E-state index in [0.717, 1.165) is 18.5 Å². The van der Waals surface area contributed by atoms with E-state index in [1.165, 1.54) is 17.7 Å². The molecular weight excluding hydrogens is 226 g/mol. The summed E-state index contributed by atoms with van der Waals surface area (Å²) in [7, 11) is 0. The van der Waals surface area contributed by atoms with Gasteiger partial charge in [-0.05, 0) is 30.2 Å². The van der Waals surface area contributed by atoms with Crippen molar-refractivity contribution in [1.82, 2.24) is 0 Å². The number of phenols is 2. The number of aromatic hydroxyl groups is 2. The minimum absolute atomic E-state index is 0.0764. The van der Waals surface area contributed by atoms with Crippen LogP contribution in [0.4, 0.5) is 5.69 Å². The molecule has 18 heavy (non-hydrogen) atoms. The highest BCUT2D eigenvalue weighted by molar-refractivity contribution is 5.46. The molecule has 2 rings (SSSR count). The van der Waals surface area contributed by atoms with Crippen LogP contribution in [0.1, 0.15) is 18.9 Å². The van der Waals surface area contributed by atoms with E-state index in [0.29, 0.717) is 0 Å². The van der Waals surface area contributed by atoms with Crippen molar-refractivity contribution in [2.75, 3.05) is 5.73 Å². The van der Waals surface area contributed by atoms with Crippen LogP contribution in [0.3, 0.4) is 0 Å². The van der Waals surface area contributed by atoms with Gasteiger partial charge in [-0.25, -0.2) is 0 Å². The van der Waals surface area contributed by atoms with Crippen molar-refractivity contribution in [2.45, 2.75) is 19.8 Å². The Balaban J connectivity index is 0.000000184. The van der Waals surface area contributed by atoms with Crippen LogP contribution in [-0.4, -0.2) is 10.2 Å². The number of phenolic OH excluding ortho intramolecular Hbond substituents is 2. The predicted molar refractivity (Wildman–Crippen MR) is 74.6 cm³/mol. The third-order valence-electron chi connectivity index (χ3n) is 2.46. The SMILES string of the molecule is CCCc1ccccc1N.Oc1ccccc1O. The molecule has 0 saturated carbocycles. The Morgan fingerprint density at radius 3 is 1.83 bits per heavy atom. The molecule has 3 heteroatoms. The molecule has 4 N–H and O–H groups in total. The molecule has 2 aromatic rings. The van der Waals surface area contributed by atoms with Gasteiger partial charge in [0.2, 0.25) is 0 Å². The van der Waals surface area contributed by atoms with Crippen molar-refractivity contribution in [1.29, 1.82) is 0 Å². The van der Waals surface area contributed by atoms with Crippen molar-refractivity contribution in [3.8, 4) is 11.5 Å². The van der Waals surface area contributed by atoms with Crippen molar-refractivity contribution in [2.24, 2.45) is 0 Å². The van der Waals surface area contributed by atoms with Crippen LogP contribution in [0.15, 0.2) is 48.5 Å². The summed E-state index contributed by atoms with van der Waals surface area (Å²) in [6, 6.07) is 14.2. The number of rotatable bonds is 2. The zero-order valence-electron chi connectivity index (χ0n) is 10.5. The molecule has 0 fully saturated rings. The Labute approximate surface area is 108 Å². The summed E-state index contributed by atoms with van der Waals surface area (Å²) in [5.74, 6) is -0.153. The van der Waals surface area contributed by atoms with Crippen molar-refractivity contribution in [3.63, 3.8) is 0 Å². The molecule has 0 aromatic heterocycles. The summed E-state index contributed by atoms with van der Waals surface area (Å²) < 4.78 is 0.